The van der Waals surface area contributed by atoms with Crippen molar-refractivity contribution in [2.45, 2.75) is 182 Å². The van der Waals surface area contributed by atoms with Gasteiger partial charge < -0.3 is 4.90 Å². The molecule has 0 saturated heterocycles. The summed E-state index contributed by atoms with van der Waals surface area (Å²) in [6, 6.07) is 9.87. The number of benzene rings is 1. The molecule has 0 aromatic heterocycles. The molecule has 0 radical (unpaired) electrons. The number of unbranched alkanes of at least 4 members (excludes halogenated alkanes) is 16. The van der Waals surface area contributed by atoms with Crippen molar-refractivity contribution in [1.29, 1.82) is 0 Å². The average molecular weight is 690 g/mol. The van der Waals surface area contributed by atoms with Gasteiger partial charge in [0.2, 0.25) is 0 Å². The zero-order valence-corrected chi connectivity index (χ0v) is 32.5. The largest absolute Gasteiger partial charge is 0.362 e. The van der Waals surface area contributed by atoms with Crippen molar-refractivity contribution >= 4 is 43.6 Å². The van der Waals surface area contributed by atoms with Crippen LogP contribution in [0.4, 0.5) is 5.69 Å². The van der Waals surface area contributed by atoms with Crippen LogP contribution in [0.1, 0.15) is 182 Å². The lowest BCUT2D eigenvalue weighted by Gasteiger charge is -2.31. The summed E-state index contributed by atoms with van der Waals surface area (Å²) in [6.07, 6.45) is 23.6. The first-order valence-corrected chi connectivity index (χ1v) is 22.4. The Morgan fingerprint density at radius 1 is 0.426 bits per heavy atom. The Hall–Kier alpha value is -1.44. The molecule has 0 atom stereocenters. The molecule has 1 aromatic carbocycles. The van der Waals surface area contributed by atoms with Gasteiger partial charge in [-0.15, -0.1) is 0 Å². The molecule has 0 aliphatic rings. The predicted octanol–water partition coefficient (Wildman–Crippen LogP) is 12.9. The second-order valence-corrected chi connectivity index (χ2v) is 17.5. The van der Waals surface area contributed by atoms with Gasteiger partial charge in [-0.3, -0.25) is 19.2 Å². The van der Waals surface area contributed by atoms with Crippen LogP contribution in [0.15, 0.2) is 30.3 Å². The lowest BCUT2D eigenvalue weighted by molar-refractivity contribution is -0.115. The fourth-order valence-electron chi connectivity index (χ4n) is 5.84. The Bertz CT molecular complexity index is 860. The molecule has 7 heteroatoms. The molecule has 0 bridgehead atoms. The van der Waals surface area contributed by atoms with Crippen LogP contribution in [0.2, 0.25) is 0 Å². The maximum Gasteiger partial charge on any atom is 0.163 e. The number of carbonyl (C=O) groups excluding carboxylic acids is 4. The van der Waals surface area contributed by atoms with Crippen molar-refractivity contribution in [1.82, 2.24) is 0 Å². The Morgan fingerprint density at radius 3 is 0.979 bits per heavy atom. The van der Waals surface area contributed by atoms with Crippen molar-refractivity contribution < 1.29 is 19.2 Å². The molecule has 268 valence electrons. The Labute approximate surface area is 291 Å². The third-order valence-corrected chi connectivity index (χ3v) is 13.5. The predicted molar refractivity (Wildman–Crippen MR) is 206 cm³/mol. The summed E-state index contributed by atoms with van der Waals surface area (Å²) >= 11 is 0. The van der Waals surface area contributed by atoms with Crippen molar-refractivity contribution in [3.05, 3.63) is 30.3 Å². The fraction of sp³-hybridized carbons (Fsp3) is 0.750. The Morgan fingerprint density at radius 2 is 0.702 bits per heavy atom. The molecule has 0 amide bonds. The van der Waals surface area contributed by atoms with Crippen LogP contribution in [0.25, 0.3) is 0 Å². The van der Waals surface area contributed by atoms with E-state index in [0.29, 0.717) is 38.3 Å². The molecule has 0 unspecified atom stereocenters. The van der Waals surface area contributed by atoms with Gasteiger partial charge in [0, 0.05) is 31.4 Å². The van der Waals surface area contributed by atoms with Gasteiger partial charge in [0.25, 0.3) is 0 Å². The normalized spacial score (nSPS) is 11.4. The van der Waals surface area contributed by atoms with Crippen molar-refractivity contribution in [2.24, 2.45) is 0 Å². The zero-order chi connectivity index (χ0) is 34.5. The highest BCUT2D eigenvalue weighted by molar-refractivity contribution is 7.90. The van der Waals surface area contributed by atoms with Crippen LogP contribution in [-0.4, -0.2) is 34.7 Å². The van der Waals surface area contributed by atoms with E-state index >= 15 is 0 Å². The van der Waals surface area contributed by atoms with Gasteiger partial charge in [-0.05, 0) is 37.8 Å². The monoisotopic (exact) mass is 689 g/mol. The van der Waals surface area contributed by atoms with Gasteiger partial charge in [0.1, 0.15) is 0 Å². The quantitative estimate of drug-likeness (QED) is 0.0542. The zero-order valence-electron chi connectivity index (χ0n) is 30.7. The summed E-state index contributed by atoms with van der Waals surface area (Å²) in [5.41, 5.74) is 1.25. The van der Waals surface area contributed by atoms with Crippen molar-refractivity contribution in [2.75, 3.05) is 17.5 Å². The van der Waals surface area contributed by atoms with Gasteiger partial charge in [-0.1, -0.05) is 149 Å². The highest BCUT2D eigenvalue weighted by Gasteiger charge is 2.32. The van der Waals surface area contributed by atoms with E-state index in [1.165, 1.54) is 25.7 Å². The first-order chi connectivity index (χ1) is 22.9. The summed E-state index contributed by atoms with van der Waals surface area (Å²) in [4.78, 5) is 57.2. The maximum absolute atomic E-state index is 13.8. The number of rotatable bonds is 33. The molecule has 0 aliphatic carbocycles. The number of para-hydroxylation sites is 1. The van der Waals surface area contributed by atoms with Crippen LogP contribution in [0, 0.1) is 0 Å². The number of nitrogens with zero attached hydrogens (tertiary/aromatic N) is 1. The van der Waals surface area contributed by atoms with Crippen LogP contribution < -0.4 is 4.90 Å². The van der Waals surface area contributed by atoms with E-state index in [0.717, 1.165) is 108 Å². The van der Waals surface area contributed by atoms with E-state index in [1.807, 2.05) is 30.3 Å². The molecule has 0 fully saturated rings. The number of carbonyl (C=O) groups is 4. The Kier molecular flexibility index (Phi) is 27.3. The summed E-state index contributed by atoms with van der Waals surface area (Å²) in [7, 11) is -3.13. The average Bonchev–Trinajstić information content (AvgIpc) is 3.08. The molecule has 47 heavy (non-hydrogen) atoms. The second kappa shape index (κ2) is 29.5. The molecule has 1 aromatic rings. The lowest BCUT2D eigenvalue weighted by Crippen LogP contribution is -2.29. The SMILES string of the molecule is CCCCCCCC(=O)P(CN(CP(C(=O)CCCCCCC)C(=O)CCCCCCC)c1ccccc1)C(=O)CCCCCCC. The molecular formula is C40H69NO4P2. The summed E-state index contributed by atoms with van der Waals surface area (Å²) in [5, 5.41) is 0. The van der Waals surface area contributed by atoms with Gasteiger partial charge in [0.05, 0.1) is 28.4 Å². The maximum atomic E-state index is 13.8. The third kappa shape index (κ3) is 20.6. The van der Waals surface area contributed by atoms with E-state index in [9.17, 15) is 19.2 Å². The number of hydrogen-bond acceptors (Lipinski definition) is 5. The summed E-state index contributed by atoms with van der Waals surface area (Å²) in [6.45, 7) is 8.74. The highest BCUT2D eigenvalue weighted by atomic mass is 31.1. The minimum Gasteiger partial charge on any atom is -0.362 e. The molecule has 0 saturated carbocycles. The lowest BCUT2D eigenvalue weighted by atomic mass is 10.1. The molecule has 0 N–H and O–H groups in total. The summed E-state index contributed by atoms with van der Waals surface area (Å²) in [5.74, 6) is 0. The van der Waals surface area contributed by atoms with E-state index in [2.05, 4.69) is 32.6 Å². The van der Waals surface area contributed by atoms with Gasteiger partial charge in [-0.2, -0.15) is 0 Å². The molecule has 5 nitrogen and oxygen atoms in total. The molecule has 1 rings (SSSR count). The minimum absolute atomic E-state index is 0.0878. The first-order valence-electron chi connectivity index (χ1n) is 19.4. The first kappa shape index (κ1) is 43.6. The number of hydrogen-bond donors (Lipinski definition) is 0. The second-order valence-electron chi connectivity index (χ2n) is 13.2. The molecule has 0 heterocycles. The van der Waals surface area contributed by atoms with Gasteiger partial charge in [0.15, 0.2) is 22.1 Å². The van der Waals surface area contributed by atoms with Crippen molar-refractivity contribution in [3.63, 3.8) is 0 Å². The molecular weight excluding hydrogens is 620 g/mol. The van der Waals surface area contributed by atoms with Crippen molar-refractivity contribution in [3.8, 4) is 0 Å². The van der Waals surface area contributed by atoms with E-state index < -0.39 is 15.8 Å². The van der Waals surface area contributed by atoms with Crippen LogP contribution in [0.5, 0.6) is 0 Å². The van der Waals surface area contributed by atoms with E-state index in [1.54, 1.807) is 0 Å². The topological polar surface area (TPSA) is 71.5 Å². The fourth-order valence-corrected chi connectivity index (χ4v) is 10.1. The van der Waals surface area contributed by atoms with E-state index in [4.69, 9.17) is 0 Å². The molecule has 0 aliphatic heterocycles. The van der Waals surface area contributed by atoms with E-state index in [-0.39, 0.29) is 22.1 Å². The molecule has 0 spiro atoms. The smallest absolute Gasteiger partial charge is 0.163 e. The van der Waals surface area contributed by atoms with Gasteiger partial charge >= 0.3 is 0 Å². The standard InChI is InChI=1S/C40H69NO4P2/c1-5-9-13-17-24-30-37(42)46(38(43)31-25-18-14-10-6-2)34-41(36-28-22-21-23-29-36)35-47(39(44)32-26-19-15-11-7-3)40(45)33-27-20-16-12-8-4/h21-23,28-29H,5-20,24-27,30-35H2,1-4H3. The Balaban J connectivity index is 3.24. The van der Waals surface area contributed by atoms with Crippen LogP contribution >= 0.6 is 15.8 Å². The van der Waals surface area contributed by atoms with Gasteiger partial charge in [-0.25, -0.2) is 0 Å². The highest BCUT2D eigenvalue weighted by Crippen LogP contribution is 2.48. The number of anilines is 1. The van der Waals surface area contributed by atoms with Crippen LogP contribution in [-0.2, 0) is 19.2 Å². The third-order valence-electron chi connectivity index (χ3n) is 8.93. The minimum atomic E-state index is -1.56. The summed E-state index contributed by atoms with van der Waals surface area (Å²) < 4.78 is 0. The van der Waals surface area contributed by atoms with Crippen LogP contribution in [0.3, 0.4) is 0 Å².